The van der Waals surface area contributed by atoms with Gasteiger partial charge in [-0.3, -0.25) is 14.0 Å². The summed E-state index contributed by atoms with van der Waals surface area (Å²) in [5.74, 6) is 0.956. The second-order valence-electron chi connectivity index (χ2n) is 9.69. The number of rotatable bonds is 3. The Hall–Kier alpha value is -3.96. The van der Waals surface area contributed by atoms with Crippen LogP contribution in [0.5, 0.6) is 0 Å². The van der Waals surface area contributed by atoms with E-state index >= 15 is 0 Å². The quantitative estimate of drug-likeness (QED) is 0.476. The van der Waals surface area contributed by atoms with Crippen molar-refractivity contribution in [2.75, 3.05) is 19.8 Å². The van der Waals surface area contributed by atoms with E-state index in [9.17, 15) is 14.9 Å². The fourth-order valence-corrected chi connectivity index (χ4v) is 5.77. The van der Waals surface area contributed by atoms with Crippen LogP contribution in [0.1, 0.15) is 64.1 Å². The fourth-order valence-electron chi connectivity index (χ4n) is 5.77. The van der Waals surface area contributed by atoms with Gasteiger partial charge >= 0.3 is 0 Å². The lowest BCUT2D eigenvalue weighted by atomic mass is 9.90. The smallest absolute Gasteiger partial charge is 0.274 e. The third-order valence-electron chi connectivity index (χ3n) is 7.63. The second kappa shape index (κ2) is 8.92. The number of carbonyl (C=O) groups is 1. The maximum Gasteiger partial charge on any atom is 0.274 e. The average Bonchev–Trinajstić information content (AvgIpc) is 3.36. The number of hydrogen-bond acceptors (Lipinski definition) is 5. The molecule has 1 atom stereocenters. The Balaban J connectivity index is 1.45. The summed E-state index contributed by atoms with van der Waals surface area (Å²) in [4.78, 5) is 36.2. The molecular formula is C28H27N5O3. The summed E-state index contributed by atoms with van der Waals surface area (Å²) in [6, 6.07) is 13.7. The van der Waals surface area contributed by atoms with Gasteiger partial charge in [-0.15, -0.1) is 0 Å². The van der Waals surface area contributed by atoms with Crippen LogP contribution in [0.3, 0.4) is 0 Å². The highest BCUT2D eigenvalue weighted by Crippen LogP contribution is 2.34. The number of amides is 1. The van der Waals surface area contributed by atoms with Gasteiger partial charge < -0.3 is 14.6 Å². The molecule has 8 heteroatoms. The van der Waals surface area contributed by atoms with Gasteiger partial charge in [-0.2, -0.15) is 5.26 Å². The van der Waals surface area contributed by atoms with Crippen molar-refractivity contribution < 1.29 is 9.53 Å². The Bertz CT molecular complexity index is 1590. The number of benzene rings is 2. The number of nitriles is 1. The van der Waals surface area contributed by atoms with Gasteiger partial charge in [-0.25, -0.2) is 4.98 Å². The molecule has 4 aromatic rings. The van der Waals surface area contributed by atoms with Crippen molar-refractivity contribution in [3.05, 3.63) is 81.0 Å². The SMILES string of the molecule is Cc1cc2c(cc1C(=O)N1CCc3ccccc3C1CC#N)[nH]c(=O)c1cnc(C3CCOCC3)n12. The number of H-pyrrole nitrogens is 1. The fraction of sp³-hybridized carbons (Fsp3) is 0.357. The van der Waals surface area contributed by atoms with Crippen LogP contribution in [0, 0.1) is 18.3 Å². The summed E-state index contributed by atoms with van der Waals surface area (Å²) >= 11 is 0. The zero-order valence-electron chi connectivity index (χ0n) is 20.2. The molecule has 0 radical (unpaired) electrons. The number of nitrogens with zero attached hydrogens (tertiary/aromatic N) is 4. The molecule has 0 aliphatic carbocycles. The Morgan fingerprint density at radius 2 is 2.03 bits per heavy atom. The molecule has 0 bridgehead atoms. The molecule has 0 saturated carbocycles. The predicted octanol–water partition coefficient (Wildman–Crippen LogP) is 4.03. The number of carbonyl (C=O) groups excluding carboxylic acids is 1. The molecule has 1 unspecified atom stereocenters. The maximum atomic E-state index is 13.9. The summed E-state index contributed by atoms with van der Waals surface area (Å²) in [6.07, 6.45) is 4.34. The van der Waals surface area contributed by atoms with E-state index in [-0.39, 0.29) is 29.8 Å². The van der Waals surface area contributed by atoms with Crippen molar-refractivity contribution in [1.29, 1.82) is 5.26 Å². The number of imidazole rings is 1. The van der Waals surface area contributed by atoms with Gasteiger partial charge in [-0.1, -0.05) is 24.3 Å². The number of hydrogen-bond donors (Lipinski definition) is 1. The highest BCUT2D eigenvalue weighted by atomic mass is 16.5. The minimum Gasteiger partial charge on any atom is -0.381 e. The average molecular weight is 482 g/mol. The van der Waals surface area contributed by atoms with Gasteiger partial charge in [0.1, 0.15) is 11.3 Å². The molecule has 2 aliphatic heterocycles. The van der Waals surface area contributed by atoms with Crippen molar-refractivity contribution in [2.24, 2.45) is 0 Å². The molecular weight excluding hydrogens is 454 g/mol. The van der Waals surface area contributed by atoms with Gasteiger partial charge in [0.2, 0.25) is 0 Å². The third kappa shape index (κ3) is 3.59. The van der Waals surface area contributed by atoms with Crippen LogP contribution >= 0.6 is 0 Å². The predicted molar refractivity (Wildman–Crippen MR) is 135 cm³/mol. The largest absolute Gasteiger partial charge is 0.381 e. The van der Waals surface area contributed by atoms with Crippen LogP contribution in [-0.2, 0) is 11.2 Å². The van der Waals surface area contributed by atoms with Gasteiger partial charge in [-0.05, 0) is 55.0 Å². The molecule has 1 saturated heterocycles. The van der Waals surface area contributed by atoms with Crippen molar-refractivity contribution in [1.82, 2.24) is 19.3 Å². The zero-order chi connectivity index (χ0) is 24.8. The van der Waals surface area contributed by atoms with Crippen LogP contribution in [0.4, 0.5) is 0 Å². The summed E-state index contributed by atoms with van der Waals surface area (Å²) in [5, 5.41) is 9.51. The Kier molecular flexibility index (Phi) is 5.57. The van der Waals surface area contributed by atoms with E-state index in [1.54, 1.807) is 17.2 Å². The molecule has 6 rings (SSSR count). The van der Waals surface area contributed by atoms with Crippen LogP contribution in [0.15, 0.2) is 47.4 Å². The Morgan fingerprint density at radius 1 is 1.22 bits per heavy atom. The van der Waals surface area contributed by atoms with E-state index in [4.69, 9.17) is 4.74 Å². The third-order valence-corrected chi connectivity index (χ3v) is 7.63. The lowest BCUT2D eigenvalue weighted by molar-refractivity contribution is 0.0663. The van der Waals surface area contributed by atoms with E-state index in [1.807, 2.05) is 35.6 Å². The topological polar surface area (TPSA) is 103 Å². The molecule has 8 nitrogen and oxygen atoms in total. The van der Waals surface area contributed by atoms with E-state index in [0.717, 1.165) is 41.7 Å². The highest BCUT2D eigenvalue weighted by Gasteiger charge is 2.32. The van der Waals surface area contributed by atoms with Gasteiger partial charge in [0, 0.05) is 31.2 Å². The number of aromatic nitrogens is 3. The minimum atomic E-state index is -0.294. The van der Waals surface area contributed by atoms with E-state index in [1.165, 1.54) is 5.56 Å². The van der Waals surface area contributed by atoms with Crippen LogP contribution in [0.25, 0.3) is 16.6 Å². The monoisotopic (exact) mass is 481 g/mol. The Morgan fingerprint density at radius 3 is 2.83 bits per heavy atom. The summed E-state index contributed by atoms with van der Waals surface area (Å²) in [6.45, 7) is 3.83. The molecule has 1 fully saturated rings. The highest BCUT2D eigenvalue weighted by molar-refractivity contribution is 5.99. The van der Waals surface area contributed by atoms with Crippen molar-refractivity contribution >= 4 is 22.5 Å². The number of fused-ring (bicyclic) bond motifs is 4. The second-order valence-corrected chi connectivity index (χ2v) is 9.69. The maximum absolute atomic E-state index is 13.9. The molecule has 1 amide bonds. The molecule has 182 valence electrons. The first-order valence-electron chi connectivity index (χ1n) is 12.4. The van der Waals surface area contributed by atoms with Gasteiger partial charge in [0.25, 0.3) is 11.5 Å². The summed E-state index contributed by atoms with van der Waals surface area (Å²) in [5.41, 5.74) is 5.28. The number of ether oxygens (including phenoxy) is 1. The number of aromatic amines is 1. The molecule has 2 aliphatic rings. The first-order valence-corrected chi connectivity index (χ1v) is 12.4. The molecule has 4 heterocycles. The van der Waals surface area contributed by atoms with Crippen LogP contribution < -0.4 is 5.56 Å². The lowest BCUT2D eigenvalue weighted by Gasteiger charge is -2.36. The number of nitrogens with one attached hydrogen (secondary N) is 1. The van der Waals surface area contributed by atoms with Gasteiger partial charge in [0.15, 0.2) is 0 Å². The van der Waals surface area contributed by atoms with E-state index in [2.05, 4.69) is 22.1 Å². The van der Waals surface area contributed by atoms with E-state index in [0.29, 0.717) is 36.4 Å². The van der Waals surface area contributed by atoms with Crippen LogP contribution in [-0.4, -0.2) is 44.9 Å². The van der Waals surface area contributed by atoms with Gasteiger partial charge in [0.05, 0.1) is 35.8 Å². The zero-order valence-corrected chi connectivity index (χ0v) is 20.2. The molecule has 1 N–H and O–H groups in total. The van der Waals surface area contributed by atoms with Crippen LogP contribution in [0.2, 0.25) is 0 Å². The molecule has 2 aromatic heterocycles. The first kappa shape index (κ1) is 22.5. The summed E-state index contributed by atoms with van der Waals surface area (Å²) < 4.78 is 7.47. The van der Waals surface area contributed by atoms with Crippen molar-refractivity contribution in [3.63, 3.8) is 0 Å². The van der Waals surface area contributed by atoms with E-state index < -0.39 is 0 Å². The first-order chi connectivity index (χ1) is 17.6. The normalized spacial score (nSPS) is 18.3. The van der Waals surface area contributed by atoms with Crippen molar-refractivity contribution in [2.45, 2.75) is 44.6 Å². The number of aryl methyl sites for hydroxylation is 1. The lowest BCUT2D eigenvalue weighted by Crippen LogP contribution is -2.40. The van der Waals surface area contributed by atoms with Crippen molar-refractivity contribution in [3.8, 4) is 6.07 Å². The minimum absolute atomic E-state index is 0.125. The summed E-state index contributed by atoms with van der Waals surface area (Å²) in [7, 11) is 0. The molecule has 36 heavy (non-hydrogen) atoms. The molecule has 2 aromatic carbocycles. The molecule has 0 spiro atoms. The Labute approximate surface area is 208 Å². The standard InChI is InChI=1S/C28H27N5O3/c1-17-14-24-22(31-27(34)25-16-30-26(33(24)25)19-8-12-36-13-9-19)15-21(17)28(35)32-11-7-18-4-2-3-5-20(18)23(32)6-10-29/h2-5,14-16,19,23H,6-9,11-13H2,1H3,(H,31,34).